The summed E-state index contributed by atoms with van der Waals surface area (Å²) in [5.41, 5.74) is -1.19. The summed E-state index contributed by atoms with van der Waals surface area (Å²) in [4.78, 5) is 23.7. The highest BCUT2D eigenvalue weighted by molar-refractivity contribution is 5.93. The second-order valence-electron chi connectivity index (χ2n) is 5.27. The molecule has 3 aliphatic heterocycles. The van der Waals surface area contributed by atoms with E-state index in [-0.39, 0.29) is 29.6 Å². The molecular weight excluding hydrogens is 206 g/mol. The van der Waals surface area contributed by atoms with Gasteiger partial charge in [0.25, 0.3) is 0 Å². The Kier molecular flexibility index (Phi) is 1.61. The molecule has 4 heteroatoms. The first-order chi connectivity index (χ1) is 7.41. The predicted octanol–water partition coefficient (Wildman–Crippen LogP) is 0.424. The number of amides is 1. The smallest absolute Gasteiger partial charge is 0.227 e. The van der Waals surface area contributed by atoms with E-state index in [2.05, 4.69) is 5.32 Å². The molecule has 0 unspecified atom stereocenters. The van der Waals surface area contributed by atoms with Crippen molar-refractivity contribution in [2.24, 2.45) is 11.8 Å². The van der Waals surface area contributed by atoms with Crippen molar-refractivity contribution in [2.45, 2.75) is 38.0 Å². The summed E-state index contributed by atoms with van der Waals surface area (Å²) in [7, 11) is 0. The number of rotatable bonds is 1. The molecule has 0 aromatic rings. The second kappa shape index (κ2) is 2.56. The molecule has 3 rings (SSSR count). The van der Waals surface area contributed by atoms with Crippen LogP contribution in [0.5, 0.6) is 0 Å². The van der Waals surface area contributed by atoms with E-state index in [1.165, 1.54) is 6.92 Å². The van der Waals surface area contributed by atoms with E-state index in [4.69, 9.17) is 4.74 Å². The molecule has 0 aromatic heterocycles. The topological polar surface area (TPSA) is 55.4 Å². The van der Waals surface area contributed by atoms with Crippen molar-refractivity contribution in [3.63, 3.8) is 0 Å². The van der Waals surface area contributed by atoms with Crippen LogP contribution >= 0.6 is 0 Å². The molecule has 2 saturated heterocycles. The first kappa shape index (κ1) is 10.0. The zero-order chi connectivity index (χ0) is 11.7. The Hall–Kier alpha value is -1.16. The van der Waals surface area contributed by atoms with E-state index in [0.29, 0.717) is 0 Å². The van der Waals surface area contributed by atoms with Crippen molar-refractivity contribution < 1.29 is 14.3 Å². The van der Waals surface area contributed by atoms with Gasteiger partial charge in [-0.25, -0.2) is 0 Å². The highest BCUT2D eigenvalue weighted by Gasteiger charge is 2.71. The highest BCUT2D eigenvalue weighted by atomic mass is 16.5. The Labute approximate surface area is 94.0 Å². The van der Waals surface area contributed by atoms with Crippen molar-refractivity contribution >= 4 is 11.7 Å². The minimum atomic E-state index is -0.595. The normalized spacial score (nSPS) is 52.9. The van der Waals surface area contributed by atoms with Gasteiger partial charge in [-0.05, 0) is 20.8 Å². The molecule has 0 aliphatic carbocycles. The second-order valence-corrected chi connectivity index (χ2v) is 5.27. The first-order valence-corrected chi connectivity index (χ1v) is 5.62. The molecule has 0 aromatic carbocycles. The molecule has 0 radical (unpaired) electrons. The molecule has 2 fully saturated rings. The molecule has 1 spiro atoms. The number of ether oxygens (including phenoxy) is 1. The minimum absolute atomic E-state index is 0.0305. The summed E-state index contributed by atoms with van der Waals surface area (Å²) in [6, 6.07) is -0.0626. The Morgan fingerprint density at radius 2 is 2.19 bits per heavy atom. The number of carbonyl (C=O) groups excluding carboxylic acids is 2. The maximum absolute atomic E-state index is 11.9. The summed E-state index contributed by atoms with van der Waals surface area (Å²) in [6.07, 6.45) is 3.89. The average molecular weight is 221 g/mol. The Balaban J connectivity index is 2.16. The summed E-state index contributed by atoms with van der Waals surface area (Å²) in [6.45, 7) is 5.36. The van der Waals surface area contributed by atoms with Gasteiger partial charge in [0.1, 0.15) is 11.4 Å². The minimum Gasteiger partial charge on any atom is -0.357 e. The molecule has 86 valence electrons. The van der Waals surface area contributed by atoms with Gasteiger partial charge in [0.15, 0.2) is 0 Å². The molecule has 0 saturated carbocycles. The number of Topliss-reactive ketones (excluding diaryl/α,β-unsaturated/α-hetero) is 1. The Bertz CT molecular complexity index is 430. The van der Waals surface area contributed by atoms with Crippen LogP contribution in [0.1, 0.15) is 20.8 Å². The standard InChI is InChI=1S/C12H15NO3/c1-6(14)8-9-10(15)13-7(2)12(9)5-4-11(8,3)16-12/h4-5,7-9H,1-3H3,(H,13,15)/t7-,8-,9-,11-,12+/m0/s1. The van der Waals surface area contributed by atoms with E-state index in [0.717, 1.165) is 0 Å². The van der Waals surface area contributed by atoms with Crippen molar-refractivity contribution in [1.29, 1.82) is 0 Å². The van der Waals surface area contributed by atoms with E-state index in [1.54, 1.807) is 0 Å². The van der Waals surface area contributed by atoms with E-state index < -0.39 is 11.2 Å². The third-order valence-corrected chi connectivity index (χ3v) is 4.26. The van der Waals surface area contributed by atoms with Gasteiger partial charge in [-0.1, -0.05) is 12.2 Å². The fourth-order valence-corrected chi connectivity index (χ4v) is 3.58. The van der Waals surface area contributed by atoms with Crippen LogP contribution in [0, 0.1) is 11.8 Å². The van der Waals surface area contributed by atoms with Crippen LogP contribution in [0.2, 0.25) is 0 Å². The summed E-state index contributed by atoms with van der Waals surface area (Å²) < 4.78 is 6.01. The maximum atomic E-state index is 11.9. The number of nitrogens with one attached hydrogen (secondary N) is 1. The lowest BCUT2D eigenvalue weighted by atomic mass is 9.69. The largest absolute Gasteiger partial charge is 0.357 e. The molecule has 4 nitrogen and oxygen atoms in total. The fourth-order valence-electron chi connectivity index (χ4n) is 3.58. The number of ketones is 1. The van der Waals surface area contributed by atoms with Gasteiger partial charge in [0, 0.05) is 0 Å². The van der Waals surface area contributed by atoms with Crippen molar-refractivity contribution in [3.8, 4) is 0 Å². The van der Waals surface area contributed by atoms with Gasteiger partial charge < -0.3 is 10.1 Å². The number of carbonyl (C=O) groups is 2. The van der Waals surface area contributed by atoms with Gasteiger partial charge in [-0.2, -0.15) is 0 Å². The zero-order valence-corrected chi connectivity index (χ0v) is 9.61. The van der Waals surface area contributed by atoms with Crippen LogP contribution in [-0.2, 0) is 14.3 Å². The lowest BCUT2D eigenvalue weighted by molar-refractivity contribution is -0.131. The zero-order valence-electron chi connectivity index (χ0n) is 9.61. The highest BCUT2D eigenvalue weighted by Crippen LogP contribution is 2.57. The molecule has 1 N–H and O–H groups in total. The summed E-state index contributed by atoms with van der Waals surface area (Å²) in [5.74, 6) is -0.721. The van der Waals surface area contributed by atoms with Gasteiger partial charge in [-0.3, -0.25) is 9.59 Å². The van der Waals surface area contributed by atoms with Crippen molar-refractivity contribution in [2.75, 3.05) is 0 Å². The molecule has 3 heterocycles. The first-order valence-electron chi connectivity index (χ1n) is 5.62. The number of hydrogen-bond acceptors (Lipinski definition) is 3. The summed E-state index contributed by atoms with van der Waals surface area (Å²) >= 11 is 0. The van der Waals surface area contributed by atoms with Gasteiger partial charge in [-0.15, -0.1) is 0 Å². The fraction of sp³-hybridized carbons (Fsp3) is 0.667. The number of hydrogen-bond donors (Lipinski definition) is 1. The molecule has 5 atom stereocenters. The molecule has 2 bridgehead atoms. The molecule has 1 amide bonds. The van der Waals surface area contributed by atoms with E-state index >= 15 is 0 Å². The Morgan fingerprint density at radius 1 is 1.50 bits per heavy atom. The monoisotopic (exact) mass is 221 g/mol. The SMILES string of the molecule is CC(=O)[C@H]1[C@H]2C(=O)N[C@@H](C)[C@]23C=C[C@]1(C)O3. The maximum Gasteiger partial charge on any atom is 0.227 e. The van der Waals surface area contributed by atoms with Crippen LogP contribution < -0.4 is 5.32 Å². The third kappa shape index (κ3) is 0.857. The molecule has 16 heavy (non-hydrogen) atoms. The molecule has 3 aliphatic rings. The quantitative estimate of drug-likeness (QED) is 0.653. The van der Waals surface area contributed by atoms with Gasteiger partial charge >= 0.3 is 0 Å². The van der Waals surface area contributed by atoms with Crippen molar-refractivity contribution in [1.82, 2.24) is 5.32 Å². The lowest BCUT2D eigenvalue weighted by Crippen LogP contribution is -2.42. The average Bonchev–Trinajstić information content (AvgIpc) is 2.72. The van der Waals surface area contributed by atoms with Crippen molar-refractivity contribution in [3.05, 3.63) is 12.2 Å². The van der Waals surface area contributed by atoms with Crippen LogP contribution in [0.4, 0.5) is 0 Å². The van der Waals surface area contributed by atoms with Crippen LogP contribution in [-0.4, -0.2) is 28.9 Å². The van der Waals surface area contributed by atoms with Gasteiger partial charge in [0.2, 0.25) is 5.91 Å². The molecular formula is C12H15NO3. The Morgan fingerprint density at radius 3 is 2.81 bits per heavy atom. The van der Waals surface area contributed by atoms with Crippen LogP contribution in [0.15, 0.2) is 12.2 Å². The third-order valence-electron chi connectivity index (χ3n) is 4.26. The predicted molar refractivity (Wildman–Crippen MR) is 56.6 cm³/mol. The summed E-state index contributed by atoms with van der Waals surface area (Å²) in [5, 5.41) is 2.87. The number of fused-ring (bicyclic) bond motifs is 1. The lowest BCUT2D eigenvalue weighted by Gasteiger charge is -2.26. The van der Waals surface area contributed by atoms with Crippen LogP contribution in [0.25, 0.3) is 0 Å². The van der Waals surface area contributed by atoms with Gasteiger partial charge in [0.05, 0.1) is 23.5 Å². The van der Waals surface area contributed by atoms with E-state index in [1.807, 2.05) is 26.0 Å². The van der Waals surface area contributed by atoms with E-state index in [9.17, 15) is 9.59 Å². The van der Waals surface area contributed by atoms with Crippen LogP contribution in [0.3, 0.4) is 0 Å².